The van der Waals surface area contributed by atoms with Crippen molar-refractivity contribution in [2.45, 2.75) is 71.6 Å². The first-order valence-corrected chi connectivity index (χ1v) is 21.4. The predicted octanol–water partition coefficient (Wildman–Crippen LogP) is 5.13. The lowest BCUT2D eigenvalue weighted by molar-refractivity contribution is -0.136. The number of carbonyl (C=O) groups is 4. The van der Waals surface area contributed by atoms with Crippen LogP contribution in [0.5, 0.6) is 0 Å². The summed E-state index contributed by atoms with van der Waals surface area (Å²) in [6, 6.07) is 12.9. The molecule has 4 aromatic rings. The highest BCUT2D eigenvalue weighted by Crippen LogP contribution is 2.33. The number of nitrogens with zero attached hydrogens (tertiary/aromatic N) is 4. The number of H-pyrrole nitrogens is 2. The molecule has 0 bridgehead atoms. The highest BCUT2D eigenvalue weighted by Gasteiger charge is 2.37. The Labute approximate surface area is 342 Å². The van der Waals surface area contributed by atoms with Gasteiger partial charge in [0.1, 0.15) is 23.7 Å². The number of hydrogen-bond donors (Lipinski definition) is 4. The van der Waals surface area contributed by atoms with Gasteiger partial charge < -0.3 is 39.9 Å². The minimum atomic E-state index is -0.726. The Bertz CT molecular complexity index is 2280. The van der Waals surface area contributed by atoms with E-state index in [1.165, 1.54) is 28.5 Å². The van der Waals surface area contributed by atoms with Crippen molar-refractivity contribution in [3.05, 3.63) is 82.5 Å². The van der Waals surface area contributed by atoms with Crippen molar-refractivity contribution in [2.75, 3.05) is 27.8 Å². The van der Waals surface area contributed by atoms with E-state index in [-0.39, 0.29) is 35.7 Å². The van der Waals surface area contributed by atoms with Gasteiger partial charge in [-0.15, -0.1) is 0 Å². The summed E-state index contributed by atoms with van der Waals surface area (Å²) < 4.78 is 13.1. The minimum absolute atomic E-state index is 0.101. The number of alkyl carbamates (subject to hydrolysis) is 2. The van der Waals surface area contributed by atoms with Gasteiger partial charge in [0.15, 0.2) is 0 Å². The fraction of sp³-hybridized carbons (Fsp3) is 0.405. The molecule has 0 aliphatic carbocycles. The molecule has 15 heteroatoms. The van der Waals surface area contributed by atoms with E-state index in [1.807, 2.05) is 45.7 Å². The SMILES string of the molecule is COC(=O)N[C@H](C(=O)N(C)[C@@H](C)c1ncc(-c2ccc(C3=IC=c4cc(-c5cnc([C@@H]6CCCN6C(=O)[C@@H](NC(=O)OC)C(C)C)[nH]5)ccc4=C3)cc2)[nH]1)C(C)C. The predicted molar refractivity (Wildman–Crippen MR) is 228 cm³/mol. The van der Waals surface area contributed by atoms with Crippen molar-refractivity contribution in [3.63, 3.8) is 0 Å². The fourth-order valence-electron chi connectivity index (χ4n) is 7.04. The Morgan fingerprint density at radius 1 is 0.825 bits per heavy atom. The molecule has 4 atom stereocenters. The van der Waals surface area contributed by atoms with Gasteiger partial charge >= 0.3 is 12.2 Å². The lowest BCUT2D eigenvalue weighted by Gasteiger charge is -2.30. The highest BCUT2D eigenvalue weighted by molar-refractivity contribution is 14.2. The van der Waals surface area contributed by atoms with Gasteiger partial charge in [0, 0.05) is 22.7 Å². The van der Waals surface area contributed by atoms with Crippen LogP contribution in [0.2, 0.25) is 0 Å². The number of amides is 4. The van der Waals surface area contributed by atoms with Crippen LogP contribution in [0.1, 0.15) is 76.8 Å². The largest absolute Gasteiger partial charge is 0.453 e. The van der Waals surface area contributed by atoms with Gasteiger partial charge in [-0.3, -0.25) is 9.59 Å². The zero-order chi connectivity index (χ0) is 41.0. The number of aromatic amines is 2. The number of nitrogens with one attached hydrogen (secondary N) is 4. The number of ether oxygens (including phenoxy) is 2. The molecule has 2 aliphatic rings. The monoisotopic (exact) mass is 890 g/mol. The van der Waals surface area contributed by atoms with Crippen molar-refractivity contribution in [2.24, 2.45) is 11.8 Å². The summed E-state index contributed by atoms with van der Waals surface area (Å²) in [4.78, 5) is 70.3. The summed E-state index contributed by atoms with van der Waals surface area (Å²) in [6.45, 7) is 10.1. The van der Waals surface area contributed by atoms with Crippen LogP contribution in [0.15, 0.2) is 54.9 Å². The average molecular weight is 891 g/mol. The fourth-order valence-corrected chi connectivity index (χ4v) is 9.49. The molecular weight excluding hydrogens is 839 g/mol. The Morgan fingerprint density at radius 3 is 2.11 bits per heavy atom. The maximum atomic E-state index is 13.6. The van der Waals surface area contributed by atoms with Gasteiger partial charge in [0.05, 0.1) is 50.1 Å². The first kappa shape index (κ1) is 41.3. The number of methoxy groups -OCH3 is 2. The van der Waals surface area contributed by atoms with Gasteiger partial charge in [-0.05, 0) is 69.4 Å². The average Bonchev–Trinajstić information content (AvgIpc) is 4.02. The standard InChI is InChI=1S/C42H51IN8O6/c1-23(2)35(48-41(54)56-7)39(52)50(6)25(5)37-44-21-32(46-37)27-13-11-26(12-14-27)31-19-28-15-16-29(18-30(28)20-43-31)33-22-45-38(47-33)34-10-9-17-51(34)40(53)36(24(3)4)49-42(55)57-8/h11-16,18-25,34-36H,9-10,17H2,1-8H3,(H,44,46)(H,45,47)(H,48,54)(H,49,55)/t25-,34-,35-,36-/m0/s1. The molecule has 0 unspecified atom stereocenters. The van der Waals surface area contributed by atoms with Crippen LogP contribution in [0, 0.1) is 11.8 Å². The van der Waals surface area contributed by atoms with Crippen molar-refractivity contribution in [1.29, 1.82) is 0 Å². The summed E-state index contributed by atoms with van der Waals surface area (Å²) in [7, 11) is 4.27. The van der Waals surface area contributed by atoms with E-state index in [2.05, 4.69) is 78.2 Å². The lowest BCUT2D eigenvalue weighted by Crippen LogP contribution is -2.51. The van der Waals surface area contributed by atoms with Crippen LogP contribution >= 0.6 is 20.7 Å². The topological polar surface area (TPSA) is 175 Å². The van der Waals surface area contributed by atoms with E-state index in [0.717, 1.165) is 46.4 Å². The molecule has 14 nitrogen and oxygen atoms in total. The number of hydrogen-bond acceptors (Lipinski definition) is 8. The van der Waals surface area contributed by atoms with E-state index >= 15 is 0 Å². The van der Waals surface area contributed by atoms with E-state index in [0.29, 0.717) is 12.4 Å². The molecule has 4 N–H and O–H groups in total. The van der Waals surface area contributed by atoms with Gasteiger partial charge in [0.2, 0.25) is 11.8 Å². The van der Waals surface area contributed by atoms with Crippen molar-refractivity contribution >= 4 is 58.4 Å². The number of carbonyl (C=O) groups excluding carboxylic acids is 4. The molecule has 2 aromatic carbocycles. The smallest absolute Gasteiger partial charge is 0.407 e. The third kappa shape index (κ3) is 9.13. The number of likely N-dealkylation sites (N-methyl/N-ethyl adjacent to an activating group) is 1. The third-order valence-electron chi connectivity index (χ3n) is 10.6. The second kappa shape index (κ2) is 17.9. The Morgan fingerprint density at radius 2 is 1.44 bits per heavy atom. The van der Waals surface area contributed by atoms with Crippen molar-refractivity contribution in [1.82, 2.24) is 40.4 Å². The molecule has 4 heterocycles. The number of fused-ring (bicyclic) bond motifs is 1. The molecule has 2 aliphatic heterocycles. The van der Waals surface area contributed by atoms with E-state index < -0.39 is 45.0 Å². The Balaban J connectivity index is 1.12. The third-order valence-corrected chi connectivity index (χ3v) is 13.2. The maximum Gasteiger partial charge on any atom is 0.407 e. The number of halogens is 1. The number of rotatable bonds is 12. The summed E-state index contributed by atoms with van der Waals surface area (Å²) >= 11 is -0.404. The number of aromatic nitrogens is 4. The molecule has 1 fully saturated rings. The molecular formula is C42H51IN8O6. The van der Waals surface area contributed by atoms with E-state index in [1.54, 1.807) is 18.1 Å². The normalized spacial score (nSPS) is 16.6. The molecule has 6 rings (SSSR count). The molecule has 302 valence electrons. The summed E-state index contributed by atoms with van der Waals surface area (Å²) in [5, 5.41) is 7.69. The Hall–Kier alpha value is -5.32. The molecule has 1 saturated heterocycles. The molecule has 0 radical (unpaired) electrons. The number of imidazole rings is 2. The zero-order valence-corrected chi connectivity index (χ0v) is 35.7. The van der Waals surface area contributed by atoms with E-state index in [4.69, 9.17) is 14.5 Å². The maximum absolute atomic E-state index is 13.6. The number of benzene rings is 2. The summed E-state index contributed by atoms with van der Waals surface area (Å²) in [5.74, 6) is 0.792. The second-order valence-electron chi connectivity index (χ2n) is 15.0. The van der Waals surface area contributed by atoms with Crippen molar-refractivity contribution < 1.29 is 28.7 Å². The quantitative estimate of drug-likeness (QED) is 0.142. The lowest BCUT2D eigenvalue weighted by atomic mass is 10.0. The molecule has 4 amide bonds. The second-order valence-corrected chi connectivity index (χ2v) is 17.4. The van der Waals surface area contributed by atoms with Crippen LogP contribution in [0.4, 0.5) is 9.59 Å². The van der Waals surface area contributed by atoms with Crippen LogP contribution in [0.25, 0.3) is 32.7 Å². The minimum Gasteiger partial charge on any atom is -0.453 e. The first-order valence-electron chi connectivity index (χ1n) is 19.1. The van der Waals surface area contributed by atoms with Crippen LogP contribution in [0.3, 0.4) is 0 Å². The Kier molecular flexibility index (Phi) is 12.9. The van der Waals surface area contributed by atoms with Gasteiger partial charge in [-0.1, -0.05) is 84.8 Å². The molecule has 2 aromatic heterocycles. The van der Waals surface area contributed by atoms with Crippen LogP contribution < -0.4 is 21.1 Å². The molecule has 0 spiro atoms. The highest BCUT2D eigenvalue weighted by atomic mass is 127. The molecule has 57 heavy (non-hydrogen) atoms. The van der Waals surface area contributed by atoms with Crippen LogP contribution in [-0.4, -0.2) is 97.1 Å². The van der Waals surface area contributed by atoms with Crippen molar-refractivity contribution in [3.8, 4) is 22.5 Å². The first-order chi connectivity index (χ1) is 27.3. The zero-order valence-electron chi connectivity index (χ0n) is 33.6. The van der Waals surface area contributed by atoms with E-state index in [9.17, 15) is 19.2 Å². The summed E-state index contributed by atoms with van der Waals surface area (Å²) in [6.07, 6.45) is 6.26. The molecule has 0 saturated carbocycles. The number of likely N-dealkylation sites (tertiary alicyclic amines) is 1. The van der Waals surface area contributed by atoms with Gasteiger partial charge in [0.25, 0.3) is 0 Å². The summed E-state index contributed by atoms with van der Waals surface area (Å²) in [5.41, 5.74) is 4.92. The van der Waals surface area contributed by atoms with Crippen LogP contribution in [-0.2, 0) is 19.1 Å². The van der Waals surface area contributed by atoms with Gasteiger partial charge in [-0.25, -0.2) is 19.6 Å². The van der Waals surface area contributed by atoms with Gasteiger partial charge in [-0.2, -0.15) is 0 Å².